The summed E-state index contributed by atoms with van der Waals surface area (Å²) in [5, 5.41) is 0. The molecule has 2 rings (SSSR count). The SMILES string of the molecule is Cc1ccc(CC(CCl)C2CCS(=O)(=O)C2)cc1. The van der Waals surface area contributed by atoms with Gasteiger partial charge in [0.05, 0.1) is 11.5 Å². The average Bonchev–Trinajstić information content (AvgIpc) is 2.69. The molecule has 1 aliphatic rings. The first-order valence-electron chi connectivity index (χ1n) is 6.32. The van der Waals surface area contributed by atoms with Gasteiger partial charge in [-0.2, -0.15) is 0 Å². The average molecular weight is 287 g/mol. The van der Waals surface area contributed by atoms with Gasteiger partial charge in [-0.25, -0.2) is 8.42 Å². The summed E-state index contributed by atoms with van der Waals surface area (Å²) < 4.78 is 23.0. The van der Waals surface area contributed by atoms with E-state index in [-0.39, 0.29) is 11.8 Å². The lowest BCUT2D eigenvalue weighted by Crippen LogP contribution is -2.20. The fraction of sp³-hybridized carbons (Fsp3) is 0.571. The Labute approximate surface area is 114 Å². The number of alkyl halides is 1. The minimum atomic E-state index is -2.81. The van der Waals surface area contributed by atoms with Crippen LogP contribution < -0.4 is 0 Å². The van der Waals surface area contributed by atoms with Crippen LogP contribution >= 0.6 is 11.6 Å². The smallest absolute Gasteiger partial charge is 0.150 e. The highest BCUT2D eigenvalue weighted by molar-refractivity contribution is 7.91. The zero-order chi connectivity index (χ0) is 13.2. The summed E-state index contributed by atoms with van der Waals surface area (Å²) in [5.74, 6) is 1.68. The first kappa shape index (κ1) is 13.9. The predicted molar refractivity (Wildman–Crippen MR) is 75.9 cm³/mol. The highest BCUT2D eigenvalue weighted by Crippen LogP contribution is 2.29. The lowest BCUT2D eigenvalue weighted by molar-refractivity contribution is 0.398. The van der Waals surface area contributed by atoms with Gasteiger partial charge in [0.2, 0.25) is 0 Å². The maximum Gasteiger partial charge on any atom is 0.150 e. The van der Waals surface area contributed by atoms with Crippen molar-refractivity contribution in [1.82, 2.24) is 0 Å². The summed E-state index contributed by atoms with van der Waals surface area (Å²) in [6, 6.07) is 8.40. The number of sulfone groups is 1. The van der Waals surface area contributed by atoms with Gasteiger partial charge in [-0.15, -0.1) is 11.6 Å². The van der Waals surface area contributed by atoms with Crippen LogP contribution in [-0.4, -0.2) is 25.8 Å². The molecule has 1 aromatic rings. The maximum atomic E-state index is 11.5. The molecule has 1 heterocycles. The van der Waals surface area contributed by atoms with E-state index in [9.17, 15) is 8.42 Å². The summed E-state index contributed by atoms with van der Waals surface area (Å²) in [7, 11) is -2.81. The molecule has 0 aliphatic carbocycles. The minimum Gasteiger partial charge on any atom is -0.229 e. The summed E-state index contributed by atoms with van der Waals surface area (Å²) >= 11 is 6.03. The van der Waals surface area contributed by atoms with Crippen molar-refractivity contribution in [2.75, 3.05) is 17.4 Å². The third-order valence-corrected chi connectivity index (χ3v) is 5.94. The molecule has 0 spiro atoms. The van der Waals surface area contributed by atoms with Crippen LogP contribution in [0.25, 0.3) is 0 Å². The van der Waals surface area contributed by atoms with Crippen molar-refractivity contribution in [1.29, 1.82) is 0 Å². The molecule has 2 atom stereocenters. The van der Waals surface area contributed by atoms with Crippen LogP contribution in [0.2, 0.25) is 0 Å². The quantitative estimate of drug-likeness (QED) is 0.798. The second-order valence-corrected chi connectivity index (χ2v) is 7.80. The molecular weight excluding hydrogens is 268 g/mol. The van der Waals surface area contributed by atoms with Crippen LogP contribution in [0.1, 0.15) is 17.5 Å². The number of aryl methyl sites for hydroxylation is 1. The van der Waals surface area contributed by atoms with Gasteiger partial charge in [0.1, 0.15) is 0 Å². The summed E-state index contributed by atoms with van der Waals surface area (Å²) in [6.07, 6.45) is 1.65. The van der Waals surface area contributed by atoms with Gasteiger partial charge in [0.15, 0.2) is 9.84 Å². The second kappa shape index (κ2) is 5.62. The zero-order valence-electron chi connectivity index (χ0n) is 10.6. The third-order valence-electron chi connectivity index (χ3n) is 3.75. The van der Waals surface area contributed by atoms with Gasteiger partial charge in [0.25, 0.3) is 0 Å². The van der Waals surface area contributed by atoms with Gasteiger partial charge < -0.3 is 0 Å². The van der Waals surface area contributed by atoms with Crippen molar-refractivity contribution in [2.24, 2.45) is 11.8 Å². The first-order chi connectivity index (χ1) is 8.50. The molecule has 1 saturated heterocycles. The van der Waals surface area contributed by atoms with E-state index in [0.717, 1.165) is 12.8 Å². The molecule has 1 aliphatic heterocycles. The Balaban J connectivity index is 2.04. The van der Waals surface area contributed by atoms with Crippen LogP contribution in [0, 0.1) is 18.8 Å². The number of benzene rings is 1. The number of halogens is 1. The van der Waals surface area contributed by atoms with Crippen molar-refractivity contribution in [3.63, 3.8) is 0 Å². The Morgan fingerprint density at radius 2 is 2.00 bits per heavy atom. The molecule has 0 bridgehead atoms. The van der Waals surface area contributed by atoms with Gasteiger partial charge in [-0.1, -0.05) is 29.8 Å². The lowest BCUT2D eigenvalue weighted by atomic mass is 9.88. The summed E-state index contributed by atoms with van der Waals surface area (Å²) in [5.41, 5.74) is 2.49. The molecule has 2 nitrogen and oxygen atoms in total. The van der Waals surface area contributed by atoms with Crippen molar-refractivity contribution < 1.29 is 8.42 Å². The van der Waals surface area contributed by atoms with Gasteiger partial charge in [0, 0.05) is 5.88 Å². The Morgan fingerprint density at radius 3 is 2.50 bits per heavy atom. The van der Waals surface area contributed by atoms with Crippen LogP contribution in [-0.2, 0) is 16.3 Å². The lowest BCUT2D eigenvalue weighted by Gasteiger charge is -2.20. The Morgan fingerprint density at radius 1 is 1.33 bits per heavy atom. The molecule has 0 amide bonds. The van der Waals surface area contributed by atoms with Gasteiger partial charge >= 0.3 is 0 Å². The van der Waals surface area contributed by atoms with Crippen LogP contribution in [0.5, 0.6) is 0 Å². The Hall–Kier alpha value is -0.540. The van der Waals surface area contributed by atoms with Crippen LogP contribution in [0.3, 0.4) is 0 Å². The normalized spacial score (nSPS) is 24.0. The summed E-state index contributed by atoms with van der Waals surface area (Å²) in [6.45, 7) is 2.06. The fourth-order valence-corrected chi connectivity index (χ4v) is 4.85. The predicted octanol–water partition coefficient (Wildman–Crippen LogP) is 2.83. The van der Waals surface area contributed by atoms with Gasteiger partial charge in [-0.05, 0) is 37.2 Å². The topological polar surface area (TPSA) is 34.1 Å². The Kier molecular flexibility index (Phi) is 4.33. The molecular formula is C14H19ClO2S. The standard InChI is InChI=1S/C14H19ClO2S/c1-11-2-4-12(5-3-11)8-14(9-15)13-6-7-18(16,17)10-13/h2-5,13-14H,6-10H2,1H3. The molecule has 1 aromatic carbocycles. The van der Waals surface area contributed by atoms with E-state index in [1.54, 1.807) is 0 Å². The minimum absolute atomic E-state index is 0.230. The van der Waals surface area contributed by atoms with Crippen molar-refractivity contribution in [3.8, 4) is 0 Å². The van der Waals surface area contributed by atoms with Crippen LogP contribution in [0.4, 0.5) is 0 Å². The molecule has 2 unspecified atom stereocenters. The van der Waals surface area contributed by atoms with E-state index < -0.39 is 9.84 Å². The first-order valence-corrected chi connectivity index (χ1v) is 8.68. The maximum absolute atomic E-state index is 11.5. The number of hydrogen-bond donors (Lipinski definition) is 0. The molecule has 0 aromatic heterocycles. The Bertz CT molecular complexity index is 493. The number of rotatable bonds is 4. The molecule has 100 valence electrons. The van der Waals surface area contributed by atoms with E-state index in [0.29, 0.717) is 17.4 Å². The highest BCUT2D eigenvalue weighted by atomic mass is 35.5. The van der Waals surface area contributed by atoms with Crippen molar-refractivity contribution in [3.05, 3.63) is 35.4 Å². The monoisotopic (exact) mass is 286 g/mol. The van der Waals surface area contributed by atoms with E-state index in [1.165, 1.54) is 11.1 Å². The largest absolute Gasteiger partial charge is 0.229 e. The third kappa shape index (κ3) is 3.48. The van der Waals surface area contributed by atoms with E-state index >= 15 is 0 Å². The van der Waals surface area contributed by atoms with Crippen LogP contribution in [0.15, 0.2) is 24.3 Å². The molecule has 0 N–H and O–H groups in total. The molecule has 1 fully saturated rings. The summed E-state index contributed by atoms with van der Waals surface area (Å²) in [4.78, 5) is 0. The zero-order valence-corrected chi connectivity index (χ0v) is 12.2. The second-order valence-electron chi connectivity index (χ2n) is 5.27. The molecule has 18 heavy (non-hydrogen) atoms. The van der Waals surface area contributed by atoms with E-state index in [1.807, 2.05) is 0 Å². The van der Waals surface area contributed by atoms with Crippen molar-refractivity contribution in [2.45, 2.75) is 19.8 Å². The van der Waals surface area contributed by atoms with Crippen molar-refractivity contribution >= 4 is 21.4 Å². The van der Waals surface area contributed by atoms with E-state index in [4.69, 9.17) is 11.6 Å². The molecule has 4 heteroatoms. The van der Waals surface area contributed by atoms with Gasteiger partial charge in [-0.3, -0.25) is 0 Å². The van der Waals surface area contributed by atoms with E-state index in [2.05, 4.69) is 31.2 Å². The molecule has 0 saturated carbocycles. The number of hydrogen-bond acceptors (Lipinski definition) is 2. The fourth-order valence-electron chi connectivity index (χ4n) is 2.57. The highest BCUT2D eigenvalue weighted by Gasteiger charge is 2.33. The molecule has 0 radical (unpaired) electrons.